The smallest absolute Gasteiger partial charge is 0.336 e. The van der Waals surface area contributed by atoms with E-state index in [9.17, 15) is 9.90 Å². The first kappa shape index (κ1) is 16.4. The number of nitrogens with two attached hydrogens (primary N) is 1. The Morgan fingerprint density at radius 1 is 1.12 bits per heavy atom. The quantitative estimate of drug-likeness (QED) is 0.382. The molecule has 2 aromatic carbocycles. The number of nitrogens with one attached hydrogen (secondary N) is 1. The molecule has 0 aliphatic heterocycles. The first-order valence-corrected chi connectivity index (χ1v) is 8.75. The number of aromatic nitrogens is 1. The van der Waals surface area contributed by atoms with E-state index in [4.69, 9.17) is 4.42 Å². The van der Waals surface area contributed by atoms with Crippen LogP contribution in [0.2, 0.25) is 0 Å². The Bertz CT molecular complexity index is 1140. The first-order valence-electron chi connectivity index (χ1n) is 8.75. The number of aromatic hydroxyl groups is 1. The van der Waals surface area contributed by atoms with Crippen LogP contribution in [0.5, 0.6) is 5.75 Å². The second-order valence-electron chi connectivity index (χ2n) is 6.57. The average molecular weight is 349 g/mol. The van der Waals surface area contributed by atoms with Crippen LogP contribution in [0.4, 0.5) is 0 Å². The molecular weight excluding hydrogens is 328 g/mol. The van der Waals surface area contributed by atoms with Crippen molar-refractivity contribution in [1.82, 2.24) is 4.98 Å². The lowest BCUT2D eigenvalue weighted by Crippen LogP contribution is -2.83. The number of fused-ring (bicyclic) bond motifs is 2. The summed E-state index contributed by atoms with van der Waals surface area (Å²) in [6.45, 7) is 3.36. The van der Waals surface area contributed by atoms with E-state index in [2.05, 4.69) is 34.7 Å². The standard InChI is InChI=1S/C21H20N2O3/c1-13-19(24)7-6-17-15(10-20(25)26-21(13)17)11-22-9-8-14-12-23-18-5-3-2-4-16(14)18/h2-7,10,12,22-24H,8-9,11H2,1H3/p+1. The van der Waals surface area contributed by atoms with Crippen LogP contribution in [-0.2, 0) is 13.0 Å². The third kappa shape index (κ3) is 2.97. The van der Waals surface area contributed by atoms with Gasteiger partial charge < -0.3 is 19.8 Å². The maximum Gasteiger partial charge on any atom is 0.336 e. The minimum atomic E-state index is -0.383. The number of quaternary nitrogens is 1. The van der Waals surface area contributed by atoms with E-state index in [-0.39, 0.29) is 11.4 Å². The molecule has 5 nitrogen and oxygen atoms in total. The summed E-state index contributed by atoms with van der Waals surface area (Å²) < 4.78 is 5.29. The van der Waals surface area contributed by atoms with Crippen LogP contribution in [0, 0.1) is 6.92 Å². The molecule has 0 atom stereocenters. The summed E-state index contributed by atoms with van der Waals surface area (Å²) in [5.74, 6) is 0.140. The SMILES string of the molecule is Cc1c(O)ccc2c(C[NH2+]CCc3c[nH]c4ccccc34)cc(=O)oc12. The summed E-state index contributed by atoms with van der Waals surface area (Å²) in [6, 6.07) is 13.3. The number of phenols is 1. The fourth-order valence-electron chi connectivity index (χ4n) is 3.44. The van der Waals surface area contributed by atoms with Gasteiger partial charge in [0.25, 0.3) is 0 Å². The molecule has 0 bridgehead atoms. The first-order chi connectivity index (χ1) is 12.6. The molecule has 4 aromatic rings. The highest BCUT2D eigenvalue weighted by Crippen LogP contribution is 2.27. The second-order valence-corrected chi connectivity index (χ2v) is 6.57. The van der Waals surface area contributed by atoms with Crippen molar-refractivity contribution in [3.05, 3.63) is 75.8 Å². The van der Waals surface area contributed by atoms with Crippen LogP contribution in [-0.4, -0.2) is 16.6 Å². The number of hydrogen-bond donors (Lipinski definition) is 3. The highest BCUT2D eigenvalue weighted by Gasteiger charge is 2.12. The van der Waals surface area contributed by atoms with E-state index in [1.165, 1.54) is 10.9 Å². The highest BCUT2D eigenvalue weighted by molar-refractivity contribution is 5.85. The molecule has 0 unspecified atom stereocenters. The van der Waals surface area contributed by atoms with Gasteiger partial charge in [0.15, 0.2) is 0 Å². The van der Waals surface area contributed by atoms with Crippen molar-refractivity contribution in [2.75, 3.05) is 6.54 Å². The monoisotopic (exact) mass is 349 g/mol. The normalized spacial score (nSPS) is 11.4. The van der Waals surface area contributed by atoms with Crippen molar-refractivity contribution in [2.45, 2.75) is 19.9 Å². The molecule has 0 aliphatic carbocycles. The van der Waals surface area contributed by atoms with Crippen molar-refractivity contribution >= 4 is 21.9 Å². The van der Waals surface area contributed by atoms with Gasteiger partial charge in [0.1, 0.15) is 17.9 Å². The van der Waals surface area contributed by atoms with Gasteiger partial charge >= 0.3 is 5.63 Å². The van der Waals surface area contributed by atoms with E-state index < -0.39 is 0 Å². The molecule has 5 heteroatoms. The van der Waals surface area contributed by atoms with Crippen LogP contribution in [0.3, 0.4) is 0 Å². The predicted octanol–water partition coefficient (Wildman–Crippen LogP) is 2.59. The number of aryl methyl sites for hydroxylation is 1. The predicted molar refractivity (Wildman–Crippen MR) is 101 cm³/mol. The molecular formula is C21H21N2O3+. The summed E-state index contributed by atoms with van der Waals surface area (Å²) in [4.78, 5) is 15.2. The summed E-state index contributed by atoms with van der Waals surface area (Å²) >= 11 is 0. The Labute approximate surface area is 150 Å². The van der Waals surface area contributed by atoms with Gasteiger partial charge in [-0.1, -0.05) is 18.2 Å². The second kappa shape index (κ2) is 6.69. The molecule has 0 aliphatic rings. The lowest BCUT2D eigenvalue weighted by atomic mass is 10.1. The van der Waals surface area contributed by atoms with Crippen molar-refractivity contribution in [3.8, 4) is 5.75 Å². The Balaban J connectivity index is 1.50. The van der Waals surface area contributed by atoms with E-state index in [0.717, 1.165) is 29.4 Å². The van der Waals surface area contributed by atoms with Gasteiger partial charge in [-0.25, -0.2) is 4.79 Å². The van der Waals surface area contributed by atoms with Gasteiger partial charge in [-0.15, -0.1) is 0 Å². The number of phenolic OH excluding ortho intramolecular Hbond substituents is 1. The van der Waals surface area contributed by atoms with Gasteiger partial charge in [0.2, 0.25) is 0 Å². The summed E-state index contributed by atoms with van der Waals surface area (Å²) in [5, 5.41) is 14.2. The Morgan fingerprint density at radius 3 is 2.85 bits per heavy atom. The van der Waals surface area contributed by atoms with Gasteiger partial charge in [-0.3, -0.25) is 0 Å². The number of H-pyrrole nitrogens is 1. The molecule has 2 aromatic heterocycles. The Hall–Kier alpha value is -3.05. The third-order valence-corrected chi connectivity index (χ3v) is 4.87. The molecule has 4 N–H and O–H groups in total. The van der Waals surface area contributed by atoms with Gasteiger partial charge in [-0.2, -0.15) is 0 Å². The molecule has 0 spiro atoms. The minimum absolute atomic E-state index is 0.140. The zero-order chi connectivity index (χ0) is 18.1. The molecule has 132 valence electrons. The lowest BCUT2D eigenvalue weighted by Gasteiger charge is -2.08. The van der Waals surface area contributed by atoms with Gasteiger partial charge in [-0.05, 0) is 30.7 Å². The minimum Gasteiger partial charge on any atom is -0.508 e. The highest BCUT2D eigenvalue weighted by atomic mass is 16.4. The molecule has 0 saturated heterocycles. The average Bonchev–Trinajstić information content (AvgIpc) is 3.05. The van der Waals surface area contributed by atoms with Crippen molar-refractivity contribution in [1.29, 1.82) is 0 Å². The van der Waals surface area contributed by atoms with Crippen LogP contribution in [0.25, 0.3) is 21.9 Å². The van der Waals surface area contributed by atoms with E-state index in [1.807, 2.05) is 12.1 Å². The number of aromatic amines is 1. The van der Waals surface area contributed by atoms with Crippen molar-refractivity contribution < 1.29 is 14.8 Å². The molecule has 2 heterocycles. The van der Waals surface area contributed by atoms with E-state index >= 15 is 0 Å². The maximum absolute atomic E-state index is 11.9. The van der Waals surface area contributed by atoms with Gasteiger partial charge in [0, 0.05) is 46.1 Å². The fourth-order valence-corrected chi connectivity index (χ4v) is 3.44. The largest absolute Gasteiger partial charge is 0.508 e. The van der Waals surface area contributed by atoms with Crippen LogP contribution >= 0.6 is 0 Å². The summed E-state index contributed by atoms with van der Waals surface area (Å²) in [6.07, 6.45) is 3.01. The Kier molecular flexibility index (Phi) is 4.22. The van der Waals surface area contributed by atoms with Crippen molar-refractivity contribution in [2.24, 2.45) is 0 Å². The fraction of sp³-hybridized carbons (Fsp3) is 0.190. The Morgan fingerprint density at radius 2 is 1.96 bits per heavy atom. The van der Waals surface area contributed by atoms with E-state index in [1.54, 1.807) is 19.1 Å². The molecule has 26 heavy (non-hydrogen) atoms. The lowest BCUT2D eigenvalue weighted by molar-refractivity contribution is -0.669. The zero-order valence-electron chi connectivity index (χ0n) is 14.6. The molecule has 4 rings (SSSR count). The molecule has 0 amide bonds. The van der Waals surface area contributed by atoms with Crippen LogP contribution in [0.15, 0.2) is 57.9 Å². The van der Waals surface area contributed by atoms with Crippen molar-refractivity contribution in [3.63, 3.8) is 0 Å². The van der Waals surface area contributed by atoms with Crippen LogP contribution in [0.1, 0.15) is 16.7 Å². The molecule has 0 radical (unpaired) electrons. The zero-order valence-corrected chi connectivity index (χ0v) is 14.6. The van der Waals surface area contributed by atoms with Gasteiger partial charge in [0.05, 0.1) is 6.54 Å². The number of benzene rings is 2. The summed E-state index contributed by atoms with van der Waals surface area (Å²) in [5.41, 5.74) is 4.07. The topological polar surface area (TPSA) is 82.8 Å². The maximum atomic E-state index is 11.9. The summed E-state index contributed by atoms with van der Waals surface area (Å²) in [7, 11) is 0. The number of rotatable bonds is 5. The third-order valence-electron chi connectivity index (χ3n) is 4.87. The van der Waals surface area contributed by atoms with E-state index in [0.29, 0.717) is 17.7 Å². The number of para-hydroxylation sites is 1. The number of hydrogen-bond acceptors (Lipinski definition) is 3. The van der Waals surface area contributed by atoms with Crippen LogP contribution < -0.4 is 10.9 Å². The molecule has 0 fully saturated rings. The molecule has 0 saturated carbocycles.